The predicted molar refractivity (Wildman–Crippen MR) is 113 cm³/mol. The van der Waals surface area contributed by atoms with Gasteiger partial charge in [0.25, 0.3) is 0 Å². The summed E-state index contributed by atoms with van der Waals surface area (Å²) in [6.07, 6.45) is 13.8. The lowest BCUT2D eigenvalue weighted by atomic mass is 9.48. The quantitative estimate of drug-likeness (QED) is 0.697. The molecule has 8 atom stereocenters. The fraction of sp³-hybridized carbons (Fsp3) is 0.808. The van der Waals surface area contributed by atoms with E-state index in [2.05, 4.69) is 13.8 Å². The molecule has 4 fully saturated rings. The van der Waals surface area contributed by atoms with Crippen molar-refractivity contribution in [1.29, 1.82) is 0 Å². The molecule has 0 unspecified atom stereocenters. The van der Waals surface area contributed by atoms with Crippen LogP contribution in [0.3, 0.4) is 0 Å². The molecular weight excluding hydrogens is 360 g/mol. The zero-order chi connectivity index (χ0) is 20.2. The maximum absolute atomic E-state index is 13.2. The summed E-state index contributed by atoms with van der Waals surface area (Å²) in [6, 6.07) is 3.82. The highest BCUT2D eigenvalue weighted by molar-refractivity contribution is 5.84. The summed E-state index contributed by atoms with van der Waals surface area (Å²) in [4.78, 5) is 13.2. The summed E-state index contributed by atoms with van der Waals surface area (Å²) in [6.45, 7) is 4.59. The van der Waals surface area contributed by atoms with Gasteiger partial charge in [-0.1, -0.05) is 13.8 Å². The second-order valence-electron chi connectivity index (χ2n) is 11.2. The Hall–Kier alpha value is -1.09. The van der Waals surface area contributed by atoms with E-state index in [-0.39, 0.29) is 11.3 Å². The molecule has 1 aromatic heterocycles. The third-order valence-corrected chi connectivity index (χ3v) is 10.1. The third kappa shape index (κ3) is 3.23. The largest absolute Gasteiger partial charge is 0.469 e. The van der Waals surface area contributed by atoms with Crippen LogP contribution >= 0.6 is 0 Å². The van der Waals surface area contributed by atoms with Crippen LogP contribution < -0.4 is 0 Å². The van der Waals surface area contributed by atoms with Crippen LogP contribution in [0.5, 0.6) is 0 Å². The number of rotatable bonds is 4. The fourth-order valence-electron chi connectivity index (χ4n) is 8.52. The van der Waals surface area contributed by atoms with Crippen molar-refractivity contribution >= 4 is 5.78 Å². The second-order valence-corrected chi connectivity index (χ2v) is 11.2. The minimum absolute atomic E-state index is 0.191. The van der Waals surface area contributed by atoms with Gasteiger partial charge in [-0.3, -0.25) is 4.79 Å². The van der Waals surface area contributed by atoms with E-state index in [0.717, 1.165) is 61.0 Å². The summed E-state index contributed by atoms with van der Waals surface area (Å²) < 4.78 is 5.46. The van der Waals surface area contributed by atoms with E-state index in [1.54, 1.807) is 6.26 Å². The van der Waals surface area contributed by atoms with Crippen LogP contribution in [0.2, 0.25) is 0 Å². The Kier molecular flexibility index (Phi) is 4.96. The molecular formula is C26H38O3. The van der Waals surface area contributed by atoms with Gasteiger partial charge in [0, 0.05) is 5.92 Å². The average Bonchev–Trinajstić information content (AvgIpc) is 3.34. The normalized spacial score (nSPS) is 46.6. The number of furan rings is 1. The van der Waals surface area contributed by atoms with Crippen LogP contribution in [0.4, 0.5) is 0 Å². The van der Waals surface area contributed by atoms with Crippen molar-refractivity contribution in [1.82, 2.24) is 0 Å². The first-order valence-electron chi connectivity index (χ1n) is 12.2. The predicted octanol–water partition coefficient (Wildman–Crippen LogP) is 5.80. The van der Waals surface area contributed by atoms with Crippen LogP contribution in [0.15, 0.2) is 22.8 Å². The lowest BCUT2D eigenvalue weighted by Crippen LogP contribution is -2.51. The van der Waals surface area contributed by atoms with E-state index < -0.39 is 5.60 Å². The average molecular weight is 399 g/mol. The molecule has 4 aliphatic rings. The zero-order valence-electron chi connectivity index (χ0n) is 18.2. The first-order chi connectivity index (χ1) is 13.9. The van der Waals surface area contributed by atoms with E-state index in [4.69, 9.17) is 4.42 Å². The number of carbonyl (C=O) groups excluding carboxylic acids is 1. The van der Waals surface area contributed by atoms with Crippen molar-refractivity contribution in [2.45, 2.75) is 90.1 Å². The molecule has 3 heteroatoms. The number of carbonyl (C=O) groups is 1. The lowest BCUT2D eigenvalue weighted by molar-refractivity contribution is -0.132. The maximum Gasteiger partial charge on any atom is 0.144 e. The smallest absolute Gasteiger partial charge is 0.144 e. The number of ketones is 1. The van der Waals surface area contributed by atoms with Gasteiger partial charge in [0.1, 0.15) is 11.5 Å². The van der Waals surface area contributed by atoms with Crippen LogP contribution in [0.25, 0.3) is 0 Å². The Morgan fingerprint density at radius 2 is 1.93 bits per heavy atom. The van der Waals surface area contributed by atoms with Gasteiger partial charge < -0.3 is 9.52 Å². The molecule has 0 aliphatic heterocycles. The molecule has 160 valence electrons. The standard InChI is InChI=1S/C26H38O3/c1-3-26(28)13-11-19-17(16-26)6-7-21-20(19)10-12-25(2)22(21)8-9-23(25)24(27)15-18-5-4-14-29-18/h4-5,14,17,19-23,28H,3,6-13,15-16H2,1-2H3/t17-,19-,20+,21+,22-,23+,25-,26+/m0/s1. The van der Waals surface area contributed by atoms with Gasteiger partial charge in [-0.15, -0.1) is 0 Å². The lowest BCUT2D eigenvalue weighted by Gasteiger charge is -2.57. The third-order valence-electron chi connectivity index (χ3n) is 10.1. The van der Waals surface area contributed by atoms with E-state index in [0.29, 0.717) is 12.2 Å². The van der Waals surface area contributed by atoms with E-state index in [1.807, 2.05) is 12.1 Å². The SMILES string of the molecule is CC[C@@]1(O)CC[C@H]2[C@@H](CC[C@@H]3[C@@H]2CC[C@]2(C)[C@@H](C(=O)Cc4ccco4)CC[C@@H]32)C1. The number of hydrogen-bond donors (Lipinski definition) is 1. The minimum Gasteiger partial charge on any atom is -0.469 e. The van der Waals surface area contributed by atoms with Gasteiger partial charge in [-0.25, -0.2) is 0 Å². The van der Waals surface area contributed by atoms with Crippen molar-refractivity contribution in [2.75, 3.05) is 0 Å². The Labute approximate surface area is 175 Å². The number of hydrogen-bond acceptors (Lipinski definition) is 3. The summed E-state index contributed by atoms with van der Waals surface area (Å²) >= 11 is 0. The Balaban J connectivity index is 1.31. The van der Waals surface area contributed by atoms with Gasteiger partial charge in [0.15, 0.2) is 0 Å². The Morgan fingerprint density at radius 3 is 2.69 bits per heavy atom. The molecule has 0 spiro atoms. The van der Waals surface area contributed by atoms with Crippen molar-refractivity contribution < 1.29 is 14.3 Å². The summed E-state index contributed by atoms with van der Waals surface area (Å²) in [5.74, 6) is 5.37. The van der Waals surface area contributed by atoms with Crippen LogP contribution in [0, 0.1) is 40.9 Å². The minimum atomic E-state index is -0.395. The topological polar surface area (TPSA) is 50.4 Å². The summed E-state index contributed by atoms with van der Waals surface area (Å²) in [5.41, 5.74) is -0.204. The van der Waals surface area contributed by atoms with Gasteiger partial charge >= 0.3 is 0 Å². The fourth-order valence-corrected chi connectivity index (χ4v) is 8.52. The second kappa shape index (κ2) is 7.25. The van der Waals surface area contributed by atoms with E-state index in [9.17, 15) is 9.90 Å². The highest BCUT2D eigenvalue weighted by Crippen LogP contribution is 2.64. The molecule has 1 heterocycles. The van der Waals surface area contributed by atoms with Gasteiger partial charge in [-0.2, -0.15) is 0 Å². The van der Waals surface area contributed by atoms with Crippen LogP contribution in [0.1, 0.15) is 83.8 Å². The molecule has 0 saturated heterocycles. The summed E-state index contributed by atoms with van der Waals surface area (Å²) in [7, 11) is 0. The highest BCUT2D eigenvalue weighted by Gasteiger charge is 2.58. The van der Waals surface area contributed by atoms with Crippen molar-refractivity contribution in [2.24, 2.45) is 40.9 Å². The summed E-state index contributed by atoms with van der Waals surface area (Å²) in [5, 5.41) is 10.9. The van der Waals surface area contributed by atoms with Gasteiger partial charge in [0.05, 0.1) is 18.3 Å². The van der Waals surface area contributed by atoms with E-state index in [1.165, 1.54) is 38.5 Å². The molecule has 3 nitrogen and oxygen atoms in total. The van der Waals surface area contributed by atoms with Gasteiger partial charge in [-0.05, 0) is 111 Å². The van der Waals surface area contributed by atoms with Crippen molar-refractivity contribution in [3.8, 4) is 0 Å². The molecule has 1 aromatic rings. The van der Waals surface area contributed by atoms with Crippen LogP contribution in [-0.2, 0) is 11.2 Å². The molecule has 29 heavy (non-hydrogen) atoms. The first kappa shape index (κ1) is 19.8. The number of aliphatic hydroxyl groups is 1. The van der Waals surface area contributed by atoms with Crippen molar-refractivity contribution in [3.05, 3.63) is 24.2 Å². The number of fused-ring (bicyclic) bond motifs is 5. The Bertz CT molecular complexity index is 739. The monoisotopic (exact) mass is 398 g/mol. The molecule has 0 radical (unpaired) electrons. The van der Waals surface area contributed by atoms with Gasteiger partial charge in [0.2, 0.25) is 0 Å². The Morgan fingerprint density at radius 1 is 1.10 bits per heavy atom. The highest BCUT2D eigenvalue weighted by atomic mass is 16.3. The zero-order valence-corrected chi connectivity index (χ0v) is 18.2. The molecule has 0 amide bonds. The molecule has 1 N–H and O–H groups in total. The molecule has 4 saturated carbocycles. The van der Waals surface area contributed by atoms with Crippen LogP contribution in [-0.4, -0.2) is 16.5 Å². The molecule has 0 bridgehead atoms. The maximum atomic E-state index is 13.2. The first-order valence-corrected chi connectivity index (χ1v) is 12.2. The molecule has 0 aromatic carbocycles. The van der Waals surface area contributed by atoms with Crippen molar-refractivity contribution in [3.63, 3.8) is 0 Å². The molecule has 4 aliphatic carbocycles. The number of Topliss-reactive ketones (excluding diaryl/α,β-unsaturated/α-hetero) is 1. The van der Waals surface area contributed by atoms with E-state index >= 15 is 0 Å². The molecule has 5 rings (SSSR count).